The van der Waals surface area contributed by atoms with Gasteiger partial charge in [0.2, 0.25) is 0 Å². The molecule has 0 aliphatic carbocycles. The molecule has 0 saturated carbocycles. The van der Waals surface area contributed by atoms with E-state index in [9.17, 15) is 9.18 Å². The number of carbonyl (C=O) groups is 1. The van der Waals surface area contributed by atoms with E-state index in [4.69, 9.17) is 14.5 Å². The number of hydrogen-bond donors (Lipinski definition) is 0. The monoisotopic (exact) mass is 446 g/mol. The van der Waals surface area contributed by atoms with Gasteiger partial charge in [-0.25, -0.2) is 4.39 Å². The van der Waals surface area contributed by atoms with Gasteiger partial charge >= 0.3 is 0 Å². The summed E-state index contributed by atoms with van der Waals surface area (Å²) in [6, 6.07) is 21.2. The molecule has 0 atom stereocenters. The Labute approximate surface area is 189 Å². The van der Waals surface area contributed by atoms with Crippen LogP contribution in [0.2, 0.25) is 0 Å². The molecule has 2 aliphatic heterocycles. The minimum atomic E-state index is -0.358. The number of rotatable bonds is 4. The predicted molar refractivity (Wildman–Crippen MR) is 124 cm³/mol. The first-order valence-electron chi connectivity index (χ1n) is 10.1. The number of amidine groups is 1. The third kappa shape index (κ3) is 4.24. The van der Waals surface area contributed by atoms with Crippen LogP contribution in [0.3, 0.4) is 0 Å². The summed E-state index contributed by atoms with van der Waals surface area (Å²) < 4.78 is 24.7. The molecular weight excluding hydrogens is 427 g/mol. The number of amides is 1. The number of anilines is 1. The third-order valence-corrected chi connectivity index (χ3v) is 6.00. The lowest BCUT2D eigenvalue weighted by Crippen LogP contribution is -2.28. The van der Waals surface area contributed by atoms with Crippen LogP contribution in [0.4, 0.5) is 10.1 Å². The minimum absolute atomic E-state index is 0.205. The van der Waals surface area contributed by atoms with Gasteiger partial charge in [-0.1, -0.05) is 36.4 Å². The SMILES string of the molecule is O=C1/C(=C/c2ccc3c(c2)OCCO3)S/C(=N\Cc2ccccc2)N1c1ccc(F)cc1. The van der Waals surface area contributed by atoms with Crippen molar-refractivity contribution in [1.29, 1.82) is 0 Å². The Balaban J connectivity index is 1.48. The van der Waals surface area contributed by atoms with E-state index in [2.05, 4.69) is 0 Å². The number of carbonyl (C=O) groups excluding carboxylic acids is 1. The van der Waals surface area contributed by atoms with Crippen molar-refractivity contribution in [3.63, 3.8) is 0 Å². The minimum Gasteiger partial charge on any atom is -0.486 e. The highest BCUT2D eigenvalue weighted by atomic mass is 32.2. The first-order valence-corrected chi connectivity index (χ1v) is 11.0. The number of aliphatic imine (C=N–C) groups is 1. The highest BCUT2D eigenvalue weighted by Crippen LogP contribution is 2.38. The molecule has 5 rings (SSSR count). The molecule has 2 heterocycles. The topological polar surface area (TPSA) is 51.1 Å². The van der Waals surface area contributed by atoms with E-state index >= 15 is 0 Å². The fourth-order valence-electron chi connectivity index (χ4n) is 3.44. The second-order valence-corrected chi connectivity index (χ2v) is 8.22. The molecule has 1 fully saturated rings. The molecule has 2 aliphatic rings. The molecule has 32 heavy (non-hydrogen) atoms. The van der Waals surface area contributed by atoms with Crippen LogP contribution >= 0.6 is 11.8 Å². The standard InChI is InChI=1S/C25H19FN2O3S/c26-19-7-9-20(10-8-19)28-24(29)23(32-25(28)27-16-17-4-2-1-3-5-17)15-18-6-11-21-22(14-18)31-13-12-30-21/h1-11,14-15H,12-13,16H2/b23-15-,27-25-. The number of nitrogens with zero attached hydrogens (tertiary/aromatic N) is 2. The summed E-state index contributed by atoms with van der Waals surface area (Å²) in [5.41, 5.74) is 2.44. The predicted octanol–water partition coefficient (Wildman–Crippen LogP) is 5.27. The first kappa shape index (κ1) is 20.3. The number of hydrogen-bond acceptors (Lipinski definition) is 5. The van der Waals surface area contributed by atoms with Crippen LogP contribution in [0.15, 0.2) is 82.7 Å². The van der Waals surface area contributed by atoms with Crippen molar-refractivity contribution in [2.45, 2.75) is 6.54 Å². The quantitative estimate of drug-likeness (QED) is 0.512. The summed E-state index contributed by atoms with van der Waals surface area (Å²) in [6.45, 7) is 1.45. The number of benzene rings is 3. The van der Waals surface area contributed by atoms with Crippen LogP contribution in [0, 0.1) is 5.82 Å². The van der Waals surface area contributed by atoms with Crippen molar-refractivity contribution in [1.82, 2.24) is 0 Å². The Morgan fingerprint density at radius 2 is 1.72 bits per heavy atom. The molecule has 0 aromatic heterocycles. The highest BCUT2D eigenvalue weighted by molar-refractivity contribution is 8.19. The maximum Gasteiger partial charge on any atom is 0.271 e. The van der Waals surface area contributed by atoms with E-state index in [0.29, 0.717) is 47.0 Å². The van der Waals surface area contributed by atoms with Crippen LogP contribution < -0.4 is 14.4 Å². The van der Waals surface area contributed by atoms with E-state index in [1.54, 1.807) is 12.1 Å². The molecular formula is C25H19FN2O3S. The lowest BCUT2D eigenvalue weighted by Gasteiger charge is -2.18. The van der Waals surface area contributed by atoms with Gasteiger partial charge in [-0.3, -0.25) is 14.7 Å². The van der Waals surface area contributed by atoms with Gasteiger partial charge in [0, 0.05) is 0 Å². The average Bonchev–Trinajstić information content (AvgIpc) is 3.13. The zero-order valence-electron chi connectivity index (χ0n) is 17.0. The second kappa shape index (κ2) is 8.88. The lowest BCUT2D eigenvalue weighted by atomic mass is 10.1. The van der Waals surface area contributed by atoms with E-state index < -0.39 is 0 Å². The largest absolute Gasteiger partial charge is 0.486 e. The van der Waals surface area contributed by atoms with Gasteiger partial charge in [-0.05, 0) is 65.4 Å². The van der Waals surface area contributed by atoms with Crippen molar-refractivity contribution < 1.29 is 18.7 Å². The van der Waals surface area contributed by atoms with Crippen molar-refractivity contribution in [2.24, 2.45) is 4.99 Å². The molecule has 0 spiro atoms. The van der Waals surface area contributed by atoms with Gasteiger partial charge in [0.05, 0.1) is 17.1 Å². The van der Waals surface area contributed by atoms with E-state index in [0.717, 1.165) is 11.1 Å². The van der Waals surface area contributed by atoms with Gasteiger partial charge in [-0.15, -0.1) is 0 Å². The summed E-state index contributed by atoms with van der Waals surface area (Å²) in [5.74, 6) is 0.794. The zero-order valence-corrected chi connectivity index (χ0v) is 17.8. The van der Waals surface area contributed by atoms with E-state index in [1.165, 1.54) is 28.8 Å². The average molecular weight is 447 g/mol. The van der Waals surface area contributed by atoms with Crippen molar-refractivity contribution >= 4 is 34.6 Å². The smallest absolute Gasteiger partial charge is 0.271 e. The number of fused-ring (bicyclic) bond motifs is 1. The number of ether oxygens (including phenoxy) is 2. The Morgan fingerprint density at radius 3 is 2.50 bits per heavy atom. The van der Waals surface area contributed by atoms with Crippen molar-refractivity contribution in [3.05, 3.63) is 94.6 Å². The summed E-state index contributed by atoms with van der Waals surface area (Å²) in [7, 11) is 0. The maximum absolute atomic E-state index is 13.5. The van der Waals surface area contributed by atoms with Crippen molar-refractivity contribution in [3.8, 4) is 11.5 Å². The molecule has 0 bridgehead atoms. The summed E-state index contributed by atoms with van der Waals surface area (Å²) >= 11 is 1.30. The van der Waals surface area contributed by atoms with Gasteiger partial charge in [-0.2, -0.15) is 0 Å². The molecule has 0 radical (unpaired) electrons. The van der Waals surface area contributed by atoms with Crippen LogP contribution in [0.5, 0.6) is 11.5 Å². The van der Waals surface area contributed by atoms with Gasteiger partial charge in [0.1, 0.15) is 19.0 Å². The second-order valence-electron chi connectivity index (χ2n) is 7.22. The molecule has 7 heteroatoms. The normalized spacial score (nSPS) is 17.9. The first-order chi connectivity index (χ1) is 15.7. The number of halogens is 1. The van der Waals surface area contributed by atoms with Crippen LogP contribution in [-0.2, 0) is 11.3 Å². The van der Waals surface area contributed by atoms with Crippen LogP contribution in [-0.4, -0.2) is 24.3 Å². The van der Waals surface area contributed by atoms with Crippen LogP contribution in [0.25, 0.3) is 6.08 Å². The third-order valence-electron chi connectivity index (χ3n) is 4.99. The Morgan fingerprint density at radius 1 is 0.969 bits per heavy atom. The van der Waals surface area contributed by atoms with E-state index in [-0.39, 0.29) is 11.7 Å². The van der Waals surface area contributed by atoms with Gasteiger partial charge in [0.25, 0.3) is 5.91 Å². The molecule has 160 valence electrons. The zero-order chi connectivity index (χ0) is 21.9. The molecule has 0 unspecified atom stereocenters. The molecule has 5 nitrogen and oxygen atoms in total. The summed E-state index contributed by atoms with van der Waals surface area (Å²) in [4.78, 5) is 20.1. The van der Waals surface area contributed by atoms with Crippen molar-refractivity contribution in [2.75, 3.05) is 18.1 Å². The highest BCUT2D eigenvalue weighted by Gasteiger charge is 2.34. The lowest BCUT2D eigenvalue weighted by molar-refractivity contribution is -0.113. The summed E-state index contributed by atoms with van der Waals surface area (Å²) in [6.07, 6.45) is 1.81. The Hall–Kier alpha value is -3.58. The molecule has 3 aromatic rings. The molecule has 1 saturated heterocycles. The fourth-order valence-corrected chi connectivity index (χ4v) is 4.42. The van der Waals surface area contributed by atoms with Gasteiger partial charge in [0.15, 0.2) is 16.7 Å². The molecule has 3 aromatic carbocycles. The fraction of sp³-hybridized carbons (Fsp3) is 0.120. The number of thioether (sulfide) groups is 1. The Kier molecular flexibility index (Phi) is 5.64. The van der Waals surface area contributed by atoms with E-state index in [1.807, 2.05) is 54.6 Å². The Bertz CT molecular complexity index is 1210. The van der Waals surface area contributed by atoms with Crippen LogP contribution in [0.1, 0.15) is 11.1 Å². The van der Waals surface area contributed by atoms with Gasteiger partial charge < -0.3 is 9.47 Å². The molecule has 1 amide bonds. The summed E-state index contributed by atoms with van der Waals surface area (Å²) in [5, 5.41) is 0.550. The maximum atomic E-state index is 13.5. The molecule has 0 N–H and O–H groups in total.